The molecular weight excluding hydrogens is 306 g/mol. The van der Waals surface area contributed by atoms with Crippen LogP contribution in [0.25, 0.3) is 0 Å². The minimum absolute atomic E-state index is 0.135. The van der Waals surface area contributed by atoms with Crippen molar-refractivity contribution in [3.63, 3.8) is 0 Å². The molecule has 4 aliphatic rings. The highest BCUT2D eigenvalue weighted by atomic mass is 16.5. The van der Waals surface area contributed by atoms with Gasteiger partial charge in [-0.2, -0.15) is 0 Å². The zero-order chi connectivity index (χ0) is 16.8. The van der Waals surface area contributed by atoms with Gasteiger partial charge in [0.05, 0.1) is 29.7 Å². The second kappa shape index (κ2) is 5.58. The Morgan fingerprint density at radius 3 is 2.21 bits per heavy atom. The number of benzene rings is 1. The third-order valence-electron chi connectivity index (χ3n) is 5.40. The highest BCUT2D eigenvalue weighted by Gasteiger charge is 2.57. The zero-order valence-corrected chi connectivity index (χ0v) is 13.5. The van der Waals surface area contributed by atoms with Crippen LogP contribution in [-0.2, 0) is 14.3 Å². The highest BCUT2D eigenvalue weighted by Crippen LogP contribution is 2.50. The van der Waals surface area contributed by atoms with Crippen LogP contribution in [0.1, 0.15) is 30.1 Å². The standard InChI is InChI=1S/C19H19NO4/c1-2-24-19(23)13-5-3-4-6-14(13)20-17(21)15-11-7-8-12(10-9-11)16(15)18(20)22/h3-8,11-12,15-16H,2,9-10H2,1H3/t11-,12+,15-,16+. The van der Waals surface area contributed by atoms with Crippen molar-refractivity contribution in [1.29, 1.82) is 0 Å². The van der Waals surface area contributed by atoms with Crippen LogP contribution in [0.3, 0.4) is 0 Å². The Morgan fingerprint density at radius 1 is 1.08 bits per heavy atom. The molecule has 0 spiro atoms. The highest BCUT2D eigenvalue weighted by molar-refractivity contribution is 6.24. The third kappa shape index (κ3) is 2.04. The van der Waals surface area contributed by atoms with Crippen LogP contribution in [0.2, 0.25) is 0 Å². The summed E-state index contributed by atoms with van der Waals surface area (Å²) in [5.74, 6) is -1.16. The molecule has 5 heteroatoms. The average molecular weight is 325 g/mol. The smallest absolute Gasteiger partial charge is 0.340 e. The number of anilines is 1. The Kier molecular flexibility index (Phi) is 3.52. The summed E-state index contributed by atoms with van der Waals surface area (Å²) in [7, 11) is 0. The number of carbonyl (C=O) groups is 3. The lowest BCUT2D eigenvalue weighted by Gasteiger charge is -2.38. The van der Waals surface area contributed by atoms with E-state index in [2.05, 4.69) is 12.2 Å². The van der Waals surface area contributed by atoms with Crippen LogP contribution in [0.5, 0.6) is 0 Å². The molecule has 24 heavy (non-hydrogen) atoms. The van der Waals surface area contributed by atoms with Gasteiger partial charge in [-0.15, -0.1) is 0 Å². The average Bonchev–Trinajstić information content (AvgIpc) is 2.89. The summed E-state index contributed by atoms with van der Waals surface area (Å²) < 4.78 is 5.07. The quantitative estimate of drug-likeness (QED) is 0.487. The van der Waals surface area contributed by atoms with Gasteiger partial charge < -0.3 is 4.74 Å². The molecule has 0 unspecified atom stereocenters. The van der Waals surface area contributed by atoms with E-state index in [1.54, 1.807) is 31.2 Å². The summed E-state index contributed by atoms with van der Waals surface area (Å²) in [5.41, 5.74) is 0.611. The topological polar surface area (TPSA) is 63.7 Å². The molecule has 1 saturated heterocycles. The van der Waals surface area contributed by atoms with Gasteiger partial charge in [-0.3, -0.25) is 9.59 Å². The number of fused-ring (bicyclic) bond motifs is 1. The van der Waals surface area contributed by atoms with E-state index in [-0.39, 0.29) is 47.7 Å². The summed E-state index contributed by atoms with van der Waals surface area (Å²) in [4.78, 5) is 39.4. The lowest BCUT2D eigenvalue weighted by molar-refractivity contribution is -0.124. The number of carbonyl (C=O) groups excluding carboxylic acids is 3. The molecule has 2 bridgehead atoms. The Labute approximate surface area is 140 Å². The predicted octanol–water partition coefficient (Wildman–Crippen LogP) is 2.56. The molecule has 5 nitrogen and oxygen atoms in total. The van der Waals surface area contributed by atoms with Gasteiger partial charge in [-0.1, -0.05) is 24.3 Å². The van der Waals surface area contributed by atoms with E-state index in [0.29, 0.717) is 5.69 Å². The first kappa shape index (κ1) is 15.1. The van der Waals surface area contributed by atoms with Crippen molar-refractivity contribution in [2.75, 3.05) is 11.5 Å². The van der Waals surface area contributed by atoms with E-state index in [0.717, 1.165) is 12.8 Å². The number of para-hydroxylation sites is 1. The Hall–Kier alpha value is -2.43. The molecule has 1 aliphatic heterocycles. The molecule has 2 fully saturated rings. The number of hydrogen-bond acceptors (Lipinski definition) is 4. The first-order valence-corrected chi connectivity index (χ1v) is 8.45. The second-order valence-electron chi connectivity index (χ2n) is 6.59. The van der Waals surface area contributed by atoms with E-state index in [1.807, 2.05) is 0 Å². The van der Waals surface area contributed by atoms with Crippen LogP contribution in [0, 0.1) is 23.7 Å². The maximum atomic E-state index is 13.0. The van der Waals surface area contributed by atoms with Gasteiger partial charge in [0.25, 0.3) is 0 Å². The first-order chi connectivity index (χ1) is 11.6. The summed E-state index contributed by atoms with van der Waals surface area (Å²) in [6.45, 7) is 1.97. The first-order valence-electron chi connectivity index (χ1n) is 8.45. The van der Waals surface area contributed by atoms with E-state index < -0.39 is 5.97 Å². The number of nitrogens with zero attached hydrogens (tertiary/aromatic N) is 1. The SMILES string of the molecule is CCOC(=O)c1ccccc1N1C(=O)[C@@H]2[C@H](C1=O)[C@@H]1C=C[C@H]2CC1. The van der Waals surface area contributed by atoms with Gasteiger partial charge in [-0.25, -0.2) is 9.69 Å². The lowest BCUT2D eigenvalue weighted by Crippen LogP contribution is -2.38. The number of rotatable bonds is 3. The molecule has 124 valence electrons. The fraction of sp³-hybridized carbons (Fsp3) is 0.421. The maximum absolute atomic E-state index is 13.0. The van der Waals surface area contributed by atoms with Crippen molar-refractivity contribution in [3.8, 4) is 0 Å². The molecule has 4 atom stereocenters. The number of imide groups is 1. The van der Waals surface area contributed by atoms with Crippen LogP contribution in [-0.4, -0.2) is 24.4 Å². The Bertz CT molecular complexity index is 721. The van der Waals surface area contributed by atoms with Crippen molar-refractivity contribution < 1.29 is 19.1 Å². The fourth-order valence-electron chi connectivity index (χ4n) is 4.36. The van der Waals surface area contributed by atoms with Crippen molar-refractivity contribution in [3.05, 3.63) is 42.0 Å². The summed E-state index contributed by atoms with van der Waals surface area (Å²) in [5, 5.41) is 0. The molecule has 2 amide bonds. The molecule has 1 aromatic rings. The van der Waals surface area contributed by atoms with E-state index in [4.69, 9.17) is 4.74 Å². The number of hydrogen-bond donors (Lipinski definition) is 0. The van der Waals surface area contributed by atoms with Crippen molar-refractivity contribution in [1.82, 2.24) is 0 Å². The molecule has 1 saturated carbocycles. The maximum Gasteiger partial charge on any atom is 0.340 e. The van der Waals surface area contributed by atoms with Crippen molar-refractivity contribution >= 4 is 23.5 Å². The van der Waals surface area contributed by atoms with Crippen LogP contribution in [0.4, 0.5) is 5.69 Å². The largest absolute Gasteiger partial charge is 0.462 e. The van der Waals surface area contributed by atoms with Gasteiger partial charge >= 0.3 is 5.97 Å². The third-order valence-corrected chi connectivity index (χ3v) is 5.40. The molecular formula is C19H19NO4. The molecule has 5 rings (SSSR count). The van der Waals surface area contributed by atoms with Gasteiger partial charge in [0.2, 0.25) is 11.8 Å². The molecule has 3 aliphatic carbocycles. The molecule has 0 aromatic heterocycles. The van der Waals surface area contributed by atoms with E-state index >= 15 is 0 Å². The van der Waals surface area contributed by atoms with Crippen LogP contribution in [0.15, 0.2) is 36.4 Å². The Morgan fingerprint density at radius 2 is 1.67 bits per heavy atom. The summed E-state index contributed by atoms with van der Waals surface area (Å²) in [6, 6.07) is 6.68. The molecule has 1 heterocycles. The summed E-state index contributed by atoms with van der Waals surface area (Å²) in [6.07, 6.45) is 6.08. The number of esters is 1. The number of ether oxygens (including phenoxy) is 1. The predicted molar refractivity (Wildman–Crippen MR) is 87.2 cm³/mol. The van der Waals surface area contributed by atoms with Crippen molar-refractivity contribution in [2.45, 2.75) is 19.8 Å². The van der Waals surface area contributed by atoms with Gasteiger partial charge in [0.15, 0.2) is 0 Å². The minimum atomic E-state index is -0.510. The van der Waals surface area contributed by atoms with Gasteiger partial charge in [-0.05, 0) is 43.7 Å². The van der Waals surface area contributed by atoms with E-state index in [1.165, 1.54) is 4.90 Å². The van der Waals surface area contributed by atoms with E-state index in [9.17, 15) is 14.4 Å². The molecule has 0 radical (unpaired) electrons. The monoisotopic (exact) mass is 325 g/mol. The normalized spacial score (nSPS) is 30.6. The fourth-order valence-corrected chi connectivity index (χ4v) is 4.36. The van der Waals surface area contributed by atoms with Crippen LogP contribution < -0.4 is 4.90 Å². The lowest BCUT2D eigenvalue weighted by atomic mass is 9.63. The van der Waals surface area contributed by atoms with Gasteiger partial charge in [0.1, 0.15) is 0 Å². The van der Waals surface area contributed by atoms with Crippen molar-refractivity contribution in [2.24, 2.45) is 23.7 Å². The summed E-state index contributed by atoms with van der Waals surface area (Å²) >= 11 is 0. The van der Waals surface area contributed by atoms with Gasteiger partial charge in [0, 0.05) is 0 Å². The molecule has 0 N–H and O–H groups in total. The van der Waals surface area contributed by atoms with Crippen LogP contribution >= 0.6 is 0 Å². The zero-order valence-electron chi connectivity index (χ0n) is 13.5. The second-order valence-corrected chi connectivity index (χ2v) is 6.59. The number of amides is 2. The molecule has 1 aromatic carbocycles. The Balaban J connectivity index is 1.75. The minimum Gasteiger partial charge on any atom is -0.462 e. The number of allylic oxidation sites excluding steroid dienone is 2.